The smallest absolute Gasteiger partial charge is 0.415 e. The summed E-state index contributed by atoms with van der Waals surface area (Å²) in [5.74, 6) is 1.73. The quantitative estimate of drug-likeness (QED) is 0.340. The molecule has 4 fully saturated rings. The van der Waals surface area contributed by atoms with Crippen LogP contribution in [-0.4, -0.2) is 99.0 Å². The predicted octanol–water partition coefficient (Wildman–Crippen LogP) is 2.36. The highest BCUT2D eigenvalue weighted by Gasteiger charge is 2.44. The van der Waals surface area contributed by atoms with Gasteiger partial charge in [-0.1, -0.05) is 6.07 Å². The van der Waals surface area contributed by atoms with Crippen molar-refractivity contribution in [2.24, 2.45) is 0 Å². The number of fused-ring (bicyclic) bond motifs is 3. The average Bonchev–Trinajstić information content (AvgIpc) is 3.47. The minimum absolute atomic E-state index is 0.302. The summed E-state index contributed by atoms with van der Waals surface area (Å²) in [6.07, 6.45) is 9.13. The van der Waals surface area contributed by atoms with E-state index in [4.69, 9.17) is 24.2 Å². The van der Waals surface area contributed by atoms with Crippen LogP contribution in [0.2, 0.25) is 0 Å². The van der Waals surface area contributed by atoms with Crippen LogP contribution in [0.25, 0.3) is 16.8 Å². The second-order valence-electron chi connectivity index (χ2n) is 10.6. The summed E-state index contributed by atoms with van der Waals surface area (Å²) >= 11 is 0. The molecule has 0 aromatic carbocycles. The van der Waals surface area contributed by atoms with Gasteiger partial charge in [-0.05, 0) is 18.1 Å². The van der Waals surface area contributed by atoms with Gasteiger partial charge in [0.15, 0.2) is 5.75 Å². The normalized spacial score (nSPS) is 20.2. The number of carbonyl (C=O) groups is 1. The number of anilines is 1. The Morgan fingerprint density at radius 3 is 2.62 bits per heavy atom. The fourth-order valence-electron chi connectivity index (χ4n) is 5.93. The first-order valence-electron chi connectivity index (χ1n) is 13.9. The number of piperidine rings is 1. The largest absolute Gasteiger partial charge is 0.481 e. The van der Waals surface area contributed by atoms with Crippen molar-refractivity contribution in [3.63, 3.8) is 0 Å². The van der Waals surface area contributed by atoms with Crippen molar-refractivity contribution < 1.29 is 19.0 Å². The molecule has 0 spiro atoms. The molecule has 0 N–H and O–H groups in total. The lowest BCUT2D eigenvalue weighted by Crippen LogP contribution is -2.68. The highest BCUT2D eigenvalue weighted by Crippen LogP contribution is 2.36. The van der Waals surface area contributed by atoms with E-state index in [9.17, 15) is 10.1 Å². The minimum Gasteiger partial charge on any atom is -0.481 e. The van der Waals surface area contributed by atoms with Crippen LogP contribution in [0.3, 0.4) is 0 Å². The molecule has 4 aromatic heterocycles. The van der Waals surface area contributed by atoms with Crippen molar-refractivity contribution in [2.45, 2.75) is 25.0 Å². The van der Waals surface area contributed by atoms with E-state index in [0.717, 1.165) is 31.9 Å². The van der Waals surface area contributed by atoms with Crippen LogP contribution in [0.1, 0.15) is 17.5 Å². The molecule has 2 unspecified atom stereocenters. The van der Waals surface area contributed by atoms with Gasteiger partial charge in [0.05, 0.1) is 61.9 Å². The summed E-state index contributed by atoms with van der Waals surface area (Å²) in [5.41, 5.74) is 3.31. The molecular formula is C29H29N9O4. The molecular weight excluding hydrogens is 538 g/mol. The van der Waals surface area contributed by atoms with Crippen molar-refractivity contribution in [1.29, 1.82) is 5.26 Å². The third-order valence-corrected chi connectivity index (χ3v) is 8.14. The third kappa shape index (κ3) is 4.84. The average molecular weight is 568 g/mol. The molecule has 13 nitrogen and oxygen atoms in total. The van der Waals surface area contributed by atoms with Crippen molar-refractivity contribution in [3.05, 3.63) is 60.3 Å². The zero-order valence-corrected chi connectivity index (χ0v) is 23.1. The molecule has 2 bridgehead atoms. The molecule has 4 aliphatic rings. The van der Waals surface area contributed by atoms with Crippen LogP contribution in [0.15, 0.2) is 49.2 Å². The molecule has 42 heavy (non-hydrogen) atoms. The molecule has 13 heteroatoms. The first-order chi connectivity index (χ1) is 20.6. The van der Waals surface area contributed by atoms with E-state index in [2.05, 4.69) is 32.0 Å². The van der Waals surface area contributed by atoms with Gasteiger partial charge in [0.1, 0.15) is 11.9 Å². The minimum atomic E-state index is -0.460. The van der Waals surface area contributed by atoms with Crippen LogP contribution in [0, 0.1) is 11.3 Å². The maximum atomic E-state index is 12.7. The first kappa shape index (κ1) is 26.1. The first-order valence-corrected chi connectivity index (χ1v) is 13.9. The van der Waals surface area contributed by atoms with E-state index >= 15 is 0 Å². The molecule has 8 rings (SSSR count). The fraction of sp³-hybridized carbons (Fsp3) is 0.379. The Bertz CT molecular complexity index is 1630. The number of morpholine rings is 1. The molecule has 1 amide bonds. The van der Waals surface area contributed by atoms with Crippen LogP contribution in [-0.2, 0) is 11.3 Å². The van der Waals surface area contributed by atoms with Crippen LogP contribution >= 0.6 is 0 Å². The maximum absolute atomic E-state index is 12.7. The molecule has 2 atom stereocenters. The Morgan fingerprint density at radius 2 is 1.93 bits per heavy atom. The van der Waals surface area contributed by atoms with Crippen molar-refractivity contribution in [3.8, 4) is 29.0 Å². The molecule has 0 aliphatic carbocycles. The van der Waals surface area contributed by atoms with Gasteiger partial charge in [0.25, 0.3) is 0 Å². The predicted molar refractivity (Wildman–Crippen MR) is 150 cm³/mol. The lowest BCUT2D eigenvalue weighted by Gasteiger charge is -2.56. The number of ether oxygens (including phenoxy) is 3. The second-order valence-corrected chi connectivity index (χ2v) is 10.6. The number of nitrogens with zero attached hydrogens (tertiary/aromatic N) is 9. The summed E-state index contributed by atoms with van der Waals surface area (Å²) in [4.78, 5) is 32.9. The van der Waals surface area contributed by atoms with Crippen LogP contribution in [0.5, 0.6) is 11.6 Å². The van der Waals surface area contributed by atoms with Gasteiger partial charge >= 0.3 is 6.09 Å². The Balaban J connectivity index is 1.08. The number of hydrogen-bond acceptors (Lipinski definition) is 11. The monoisotopic (exact) mass is 567 g/mol. The van der Waals surface area contributed by atoms with Gasteiger partial charge in [-0.3, -0.25) is 9.88 Å². The number of carbonyl (C=O) groups excluding carboxylic acids is 1. The molecule has 4 aliphatic heterocycles. The van der Waals surface area contributed by atoms with E-state index in [-0.39, 0.29) is 0 Å². The maximum Gasteiger partial charge on any atom is 0.415 e. The number of amides is 1. The second kappa shape index (κ2) is 10.9. The number of hydrogen-bond donors (Lipinski definition) is 0. The summed E-state index contributed by atoms with van der Waals surface area (Å²) in [6, 6.07) is 8.74. The molecule has 4 aromatic rings. The van der Waals surface area contributed by atoms with E-state index in [1.165, 1.54) is 16.3 Å². The number of pyridine rings is 2. The van der Waals surface area contributed by atoms with Gasteiger partial charge in [0, 0.05) is 62.6 Å². The standard InChI is InChI=1S/C29H29N9O4/c1-40-27-3-2-19(11-33-27)15-37-21-8-22(37)17-36(16-21)26-14-31-25(13-32-26)24-9-23(18-38-28(24)20(10-30)12-34-38)42-29(39)35-4-6-41-7-5-35/h2-3,9,11-14,18,21-22H,4-8,15-17H2,1H3. The Morgan fingerprint density at radius 1 is 1.10 bits per heavy atom. The zero-order chi connectivity index (χ0) is 28.6. The summed E-state index contributed by atoms with van der Waals surface area (Å²) in [5, 5.41) is 14.0. The Labute approximate surface area is 241 Å². The van der Waals surface area contributed by atoms with Gasteiger partial charge in [-0.25, -0.2) is 19.3 Å². The van der Waals surface area contributed by atoms with Crippen LogP contribution in [0.4, 0.5) is 10.6 Å². The highest BCUT2D eigenvalue weighted by molar-refractivity contribution is 5.84. The van der Waals surface area contributed by atoms with E-state index in [1.54, 1.807) is 36.7 Å². The lowest BCUT2D eigenvalue weighted by molar-refractivity contribution is -0.00879. The number of piperazine rings is 1. The fourth-order valence-corrected chi connectivity index (χ4v) is 5.93. The van der Waals surface area contributed by atoms with E-state index < -0.39 is 6.09 Å². The number of methoxy groups -OCH3 is 1. The third-order valence-electron chi connectivity index (χ3n) is 8.14. The number of aromatic nitrogens is 5. The molecule has 4 saturated heterocycles. The Hall–Kier alpha value is -4.80. The van der Waals surface area contributed by atoms with Gasteiger partial charge in [-0.15, -0.1) is 0 Å². The summed E-state index contributed by atoms with van der Waals surface area (Å²) in [6.45, 7) is 4.48. The molecule has 214 valence electrons. The zero-order valence-electron chi connectivity index (χ0n) is 23.1. The summed E-state index contributed by atoms with van der Waals surface area (Å²) < 4.78 is 17.7. The van der Waals surface area contributed by atoms with E-state index in [1.807, 2.05) is 12.3 Å². The summed E-state index contributed by atoms with van der Waals surface area (Å²) in [7, 11) is 1.62. The van der Waals surface area contributed by atoms with Crippen LogP contribution < -0.4 is 14.4 Å². The van der Waals surface area contributed by atoms with Gasteiger partial charge < -0.3 is 24.0 Å². The van der Waals surface area contributed by atoms with Crippen molar-refractivity contribution >= 4 is 17.4 Å². The highest BCUT2D eigenvalue weighted by atomic mass is 16.6. The molecule has 0 saturated carbocycles. The number of rotatable bonds is 6. The molecule has 8 heterocycles. The SMILES string of the molecule is COc1ccc(CN2C3CC2CN(c2cnc(-c4cc(OC(=O)N5CCOCC5)cn5ncc(C#N)c45)cn2)C3)cn1. The number of nitriles is 1. The topological polar surface area (TPSA) is 134 Å². The van der Waals surface area contributed by atoms with Crippen molar-refractivity contribution in [1.82, 2.24) is 34.4 Å². The van der Waals surface area contributed by atoms with Crippen molar-refractivity contribution in [2.75, 3.05) is 51.4 Å². The Kier molecular flexibility index (Phi) is 6.77. The van der Waals surface area contributed by atoms with Gasteiger partial charge in [0.2, 0.25) is 5.88 Å². The molecule has 0 radical (unpaired) electrons. The van der Waals surface area contributed by atoms with E-state index in [0.29, 0.717) is 72.4 Å². The van der Waals surface area contributed by atoms with Gasteiger partial charge in [-0.2, -0.15) is 10.4 Å². The lowest BCUT2D eigenvalue weighted by atomic mass is 9.87.